The van der Waals surface area contributed by atoms with Crippen molar-refractivity contribution in [2.75, 3.05) is 13.2 Å². The molecule has 1 aliphatic rings. The summed E-state index contributed by atoms with van der Waals surface area (Å²) < 4.78 is 11.3. The summed E-state index contributed by atoms with van der Waals surface area (Å²) in [5.74, 6) is 0.840. The molecule has 1 unspecified atom stereocenters. The van der Waals surface area contributed by atoms with Crippen LogP contribution in [0.3, 0.4) is 0 Å². The number of piperidine rings is 1. The van der Waals surface area contributed by atoms with Crippen molar-refractivity contribution in [2.24, 2.45) is 0 Å². The predicted octanol–water partition coefficient (Wildman–Crippen LogP) is 3.86. The second-order valence-corrected chi connectivity index (χ2v) is 6.45. The van der Waals surface area contributed by atoms with E-state index in [1.165, 1.54) is 0 Å². The molecule has 1 heterocycles. The molecule has 0 saturated carbocycles. The zero-order valence-electron chi connectivity index (χ0n) is 13.2. The smallest absolute Gasteiger partial charge is 0.410 e. The van der Waals surface area contributed by atoms with Gasteiger partial charge in [0.25, 0.3) is 0 Å². The van der Waals surface area contributed by atoms with E-state index in [2.05, 4.69) is 0 Å². The summed E-state index contributed by atoms with van der Waals surface area (Å²) in [6, 6.07) is 9.81. The normalized spacial score (nSPS) is 19.2. The van der Waals surface area contributed by atoms with Crippen molar-refractivity contribution in [2.45, 2.75) is 51.7 Å². The molecular weight excluding hydrogens is 266 g/mol. The molecule has 0 aromatic heterocycles. The fourth-order valence-electron chi connectivity index (χ4n) is 2.44. The van der Waals surface area contributed by atoms with E-state index in [-0.39, 0.29) is 12.1 Å². The van der Waals surface area contributed by atoms with Gasteiger partial charge >= 0.3 is 6.09 Å². The average Bonchev–Trinajstić information content (AvgIpc) is 2.45. The predicted molar refractivity (Wildman–Crippen MR) is 82.5 cm³/mol. The summed E-state index contributed by atoms with van der Waals surface area (Å²) in [6.07, 6.45) is 2.89. The third kappa shape index (κ3) is 4.96. The number of hydrogen-bond donors (Lipinski definition) is 0. The highest BCUT2D eigenvalue weighted by Crippen LogP contribution is 2.21. The van der Waals surface area contributed by atoms with Gasteiger partial charge in [-0.1, -0.05) is 18.2 Å². The molecule has 0 radical (unpaired) electrons. The molecule has 0 spiro atoms. The number of carbonyl (C=O) groups excluding carboxylic acids is 1. The summed E-state index contributed by atoms with van der Waals surface area (Å²) in [5.41, 5.74) is -0.459. The Hall–Kier alpha value is -1.71. The quantitative estimate of drug-likeness (QED) is 0.849. The zero-order chi connectivity index (χ0) is 15.3. The zero-order valence-corrected chi connectivity index (χ0v) is 13.2. The van der Waals surface area contributed by atoms with Crippen molar-refractivity contribution < 1.29 is 14.3 Å². The van der Waals surface area contributed by atoms with Crippen LogP contribution in [0.4, 0.5) is 4.79 Å². The molecule has 116 valence electrons. The van der Waals surface area contributed by atoms with Crippen molar-refractivity contribution in [3.05, 3.63) is 30.3 Å². The second-order valence-electron chi connectivity index (χ2n) is 6.45. The van der Waals surface area contributed by atoms with Crippen LogP contribution in [0.1, 0.15) is 40.0 Å². The van der Waals surface area contributed by atoms with Gasteiger partial charge < -0.3 is 14.4 Å². The Morgan fingerprint density at radius 1 is 1.24 bits per heavy atom. The summed E-state index contributed by atoms with van der Waals surface area (Å²) in [6.45, 7) is 6.94. The maximum Gasteiger partial charge on any atom is 0.410 e. The van der Waals surface area contributed by atoms with Crippen molar-refractivity contribution >= 4 is 6.09 Å². The molecule has 1 fully saturated rings. The van der Waals surface area contributed by atoms with Gasteiger partial charge in [0, 0.05) is 6.54 Å². The van der Waals surface area contributed by atoms with Crippen LogP contribution in [0.15, 0.2) is 30.3 Å². The molecule has 1 aromatic carbocycles. The van der Waals surface area contributed by atoms with Gasteiger partial charge in [-0.3, -0.25) is 0 Å². The number of rotatable bonds is 3. The van der Waals surface area contributed by atoms with Gasteiger partial charge in [0.15, 0.2) is 0 Å². The first-order valence-electron chi connectivity index (χ1n) is 7.63. The second kappa shape index (κ2) is 6.83. The number of para-hydroxylation sites is 1. The lowest BCUT2D eigenvalue weighted by Crippen LogP contribution is -2.48. The third-order valence-electron chi connectivity index (χ3n) is 3.44. The first-order chi connectivity index (χ1) is 9.96. The van der Waals surface area contributed by atoms with Crippen molar-refractivity contribution in [1.29, 1.82) is 0 Å². The maximum atomic E-state index is 12.3. The van der Waals surface area contributed by atoms with Crippen molar-refractivity contribution in [1.82, 2.24) is 4.90 Å². The molecular formula is C17H25NO3. The molecule has 4 nitrogen and oxygen atoms in total. The van der Waals surface area contributed by atoms with Crippen LogP contribution in [-0.4, -0.2) is 35.8 Å². The topological polar surface area (TPSA) is 38.8 Å². The fourth-order valence-corrected chi connectivity index (χ4v) is 2.44. The third-order valence-corrected chi connectivity index (χ3v) is 3.44. The molecule has 1 saturated heterocycles. The minimum absolute atomic E-state index is 0.0915. The number of nitrogens with zero attached hydrogens (tertiary/aromatic N) is 1. The molecule has 2 rings (SSSR count). The largest absolute Gasteiger partial charge is 0.491 e. The summed E-state index contributed by atoms with van der Waals surface area (Å²) in [5, 5.41) is 0. The summed E-state index contributed by atoms with van der Waals surface area (Å²) in [7, 11) is 0. The number of carbonyl (C=O) groups is 1. The van der Waals surface area contributed by atoms with Gasteiger partial charge in [-0.25, -0.2) is 4.79 Å². The summed E-state index contributed by atoms with van der Waals surface area (Å²) in [4.78, 5) is 14.1. The Balaban J connectivity index is 1.94. The van der Waals surface area contributed by atoms with Crippen LogP contribution in [0.2, 0.25) is 0 Å². The van der Waals surface area contributed by atoms with E-state index in [1.807, 2.05) is 56.0 Å². The fraction of sp³-hybridized carbons (Fsp3) is 0.588. The molecule has 1 aliphatic heterocycles. The Kier molecular flexibility index (Phi) is 5.10. The molecule has 21 heavy (non-hydrogen) atoms. The number of likely N-dealkylation sites (tertiary alicyclic amines) is 1. The summed E-state index contributed by atoms with van der Waals surface area (Å²) >= 11 is 0. The van der Waals surface area contributed by atoms with E-state index in [4.69, 9.17) is 9.47 Å². The number of benzene rings is 1. The molecule has 4 heteroatoms. The Bertz CT molecular complexity index is 453. The molecule has 0 aliphatic carbocycles. The molecule has 1 atom stereocenters. The van der Waals surface area contributed by atoms with E-state index in [0.717, 1.165) is 31.6 Å². The minimum Gasteiger partial charge on any atom is -0.491 e. The van der Waals surface area contributed by atoms with Gasteiger partial charge in [0.2, 0.25) is 0 Å². The van der Waals surface area contributed by atoms with Gasteiger partial charge in [-0.2, -0.15) is 0 Å². The van der Waals surface area contributed by atoms with E-state index in [0.29, 0.717) is 6.61 Å². The van der Waals surface area contributed by atoms with Crippen LogP contribution in [0, 0.1) is 0 Å². The van der Waals surface area contributed by atoms with Crippen LogP contribution in [0.5, 0.6) is 5.75 Å². The van der Waals surface area contributed by atoms with Crippen LogP contribution >= 0.6 is 0 Å². The minimum atomic E-state index is -0.459. The standard InChI is InChI=1S/C17H25NO3/c1-17(2,3)21-16(19)18-12-8-7-9-14(18)13-20-15-10-5-4-6-11-15/h4-6,10-11,14H,7-9,12-13H2,1-3H3. The Morgan fingerprint density at radius 2 is 1.95 bits per heavy atom. The number of amides is 1. The van der Waals surface area contributed by atoms with Gasteiger partial charge in [0.1, 0.15) is 18.0 Å². The highest BCUT2D eigenvalue weighted by atomic mass is 16.6. The first kappa shape index (κ1) is 15.7. The lowest BCUT2D eigenvalue weighted by Gasteiger charge is -2.36. The average molecular weight is 291 g/mol. The Labute approximate surface area is 127 Å². The van der Waals surface area contributed by atoms with Crippen LogP contribution in [-0.2, 0) is 4.74 Å². The molecule has 0 bridgehead atoms. The van der Waals surface area contributed by atoms with Crippen molar-refractivity contribution in [3.63, 3.8) is 0 Å². The van der Waals surface area contributed by atoms with Gasteiger partial charge in [-0.15, -0.1) is 0 Å². The van der Waals surface area contributed by atoms with E-state index in [9.17, 15) is 4.79 Å². The first-order valence-corrected chi connectivity index (χ1v) is 7.63. The van der Waals surface area contributed by atoms with E-state index >= 15 is 0 Å². The van der Waals surface area contributed by atoms with Gasteiger partial charge in [0.05, 0.1) is 6.04 Å². The number of ether oxygens (including phenoxy) is 2. The highest BCUT2D eigenvalue weighted by molar-refractivity contribution is 5.68. The van der Waals surface area contributed by atoms with E-state index in [1.54, 1.807) is 0 Å². The van der Waals surface area contributed by atoms with E-state index < -0.39 is 5.60 Å². The highest BCUT2D eigenvalue weighted by Gasteiger charge is 2.30. The van der Waals surface area contributed by atoms with Gasteiger partial charge in [-0.05, 0) is 52.2 Å². The lowest BCUT2D eigenvalue weighted by molar-refractivity contribution is 0.00361. The lowest BCUT2D eigenvalue weighted by atomic mass is 10.0. The van der Waals surface area contributed by atoms with Crippen LogP contribution in [0.25, 0.3) is 0 Å². The Morgan fingerprint density at radius 3 is 2.62 bits per heavy atom. The maximum absolute atomic E-state index is 12.3. The monoisotopic (exact) mass is 291 g/mol. The molecule has 0 N–H and O–H groups in total. The van der Waals surface area contributed by atoms with Crippen LogP contribution < -0.4 is 4.74 Å². The molecule has 1 aromatic rings. The SMILES string of the molecule is CC(C)(C)OC(=O)N1CCCCC1COc1ccccc1. The number of hydrogen-bond acceptors (Lipinski definition) is 3. The van der Waals surface area contributed by atoms with Crippen molar-refractivity contribution in [3.8, 4) is 5.75 Å². The molecule has 1 amide bonds.